The number of amides is 1. The summed E-state index contributed by atoms with van der Waals surface area (Å²) in [5.74, 6) is 0.246. The van der Waals surface area contributed by atoms with Crippen LogP contribution in [0.1, 0.15) is 32.4 Å². The maximum absolute atomic E-state index is 13.4. The van der Waals surface area contributed by atoms with Crippen LogP contribution in [0.25, 0.3) is 0 Å². The van der Waals surface area contributed by atoms with Crippen molar-refractivity contribution in [3.05, 3.63) is 84.2 Å². The van der Waals surface area contributed by atoms with Gasteiger partial charge in [-0.05, 0) is 87.0 Å². The van der Waals surface area contributed by atoms with Crippen LogP contribution in [0.15, 0.2) is 77.7 Å². The zero-order valence-corrected chi connectivity index (χ0v) is 20.7. The van der Waals surface area contributed by atoms with Gasteiger partial charge in [0.25, 0.3) is 10.0 Å². The smallest absolute Gasteiger partial charge is 0.264 e. The molecule has 0 saturated carbocycles. The fourth-order valence-electron chi connectivity index (χ4n) is 3.44. The second kappa shape index (κ2) is 11.7. The van der Waals surface area contributed by atoms with E-state index in [9.17, 15) is 17.6 Å². The topological polar surface area (TPSA) is 84.9 Å². The molecule has 7 nitrogen and oxygen atoms in total. The average Bonchev–Trinajstić information content (AvgIpc) is 2.84. The van der Waals surface area contributed by atoms with Crippen LogP contribution >= 0.6 is 0 Å². The summed E-state index contributed by atoms with van der Waals surface area (Å²) >= 11 is 0. The van der Waals surface area contributed by atoms with E-state index in [1.54, 1.807) is 24.3 Å². The first-order valence-corrected chi connectivity index (χ1v) is 12.7. The largest absolute Gasteiger partial charge is 0.494 e. The molecule has 0 aliphatic heterocycles. The lowest BCUT2D eigenvalue weighted by molar-refractivity contribution is -0.120. The predicted molar refractivity (Wildman–Crippen MR) is 133 cm³/mol. The number of nitrogens with one attached hydrogen (secondary N) is 1. The Morgan fingerprint density at radius 2 is 1.40 bits per heavy atom. The Morgan fingerprint density at radius 3 is 1.91 bits per heavy atom. The van der Waals surface area contributed by atoms with Crippen molar-refractivity contribution in [1.29, 1.82) is 0 Å². The molecular formula is C26H29FN2O5S. The number of rotatable bonds is 11. The van der Waals surface area contributed by atoms with Crippen LogP contribution in [0.4, 0.5) is 10.1 Å². The number of hydrogen-bond acceptors (Lipinski definition) is 5. The number of benzene rings is 3. The minimum absolute atomic E-state index is 0.125. The maximum Gasteiger partial charge on any atom is 0.264 e. The summed E-state index contributed by atoms with van der Waals surface area (Å²) in [6.07, 6.45) is 0. The number of anilines is 1. The Bertz CT molecular complexity index is 1210. The molecule has 0 heterocycles. The molecule has 0 aromatic heterocycles. The molecule has 3 aromatic carbocycles. The highest BCUT2D eigenvalue weighted by Gasteiger charge is 2.28. The van der Waals surface area contributed by atoms with Crippen molar-refractivity contribution in [3.8, 4) is 11.5 Å². The molecule has 186 valence electrons. The minimum atomic E-state index is -4.15. The molecule has 9 heteroatoms. The quantitative estimate of drug-likeness (QED) is 0.413. The zero-order chi connectivity index (χ0) is 25.4. The molecule has 3 rings (SSSR count). The number of hydrogen-bond donors (Lipinski definition) is 1. The van der Waals surface area contributed by atoms with Crippen LogP contribution in [0.5, 0.6) is 11.5 Å². The first-order valence-electron chi connectivity index (χ1n) is 11.3. The van der Waals surface area contributed by atoms with Crippen LogP contribution in [0, 0.1) is 5.82 Å². The SMILES string of the molecule is CCOc1ccc([C@H](C)NC(=O)CN(c2ccc(OCC)cc2)S(=O)(=O)c2ccc(F)cc2)cc1. The number of nitrogens with zero attached hydrogens (tertiary/aromatic N) is 1. The van der Waals surface area contributed by atoms with E-state index < -0.39 is 28.3 Å². The van der Waals surface area contributed by atoms with E-state index in [1.165, 1.54) is 12.1 Å². The Hall–Kier alpha value is -3.59. The van der Waals surface area contributed by atoms with E-state index in [1.807, 2.05) is 45.0 Å². The van der Waals surface area contributed by atoms with Crippen molar-refractivity contribution in [2.24, 2.45) is 0 Å². The molecule has 1 amide bonds. The molecule has 0 aliphatic rings. The van der Waals surface area contributed by atoms with E-state index >= 15 is 0 Å². The van der Waals surface area contributed by atoms with Gasteiger partial charge in [0.05, 0.1) is 29.8 Å². The lowest BCUT2D eigenvalue weighted by Gasteiger charge is -2.25. The molecule has 35 heavy (non-hydrogen) atoms. The van der Waals surface area contributed by atoms with Gasteiger partial charge in [-0.15, -0.1) is 0 Å². The van der Waals surface area contributed by atoms with Gasteiger partial charge < -0.3 is 14.8 Å². The Labute approximate surface area is 205 Å². The Balaban J connectivity index is 1.84. The van der Waals surface area contributed by atoms with Crippen LogP contribution in [0.3, 0.4) is 0 Å². The zero-order valence-electron chi connectivity index (χ0n) is 19.9. The molecule has 1 atom stereocenters. The van der Waals surface area contributed by atoms with E-state index in [0.717, 1.165) is 27.8 Å². The fraction of sp³-hybridized carbons (Fsp3) is 0.269. The van der Waals surface area contributed by atoms with Crippen LogP contribution in [0.2, 0.25) is 0 Å². The van der Waals surface area contributed by atoms with Crippen molar-refractivity contribution < 1.29 is 27.1 Å². The number of carbonyl (C=O) groups is 1. The summed E-state index contributed by atoms with van der Waals surface area (Å²) in [6, 6.07) is 17.8. The predicted octanol–water partition coefficient (Wildman–Crippen LogP) is 4.70. The van der Waals surface area contributed by atoms with Crippen LogP contribution < -0.4 is 19.1 Å². The summed E-state index contributed by atoms with van der Waals surface area (Å²) in [5, 5.41) is 2.84. The highest BCUT2D eigenvalue weighted by atomic mass is 32.2. The molecule has 0 saturated heterocycles. The second-order valence-electron chi connectivity index (χ2n) is 7.68. The Kier molecular flexibility index (Phi) is 8.70. The molecule has 0 fully saturated rings. The minimum Gasteiger partial charge on any atom is -0.494 e. The molecular weight excluding hydrogens is 471 g/mol. The van der Waals surface area contributed by atoms with Crippen LogP contribution in [-0.4, -0.2) is 34.1 Å². The van der Waals surface area contributed by atoms with E-state index in [-0.39, 0.29) is 16.6 Å². The van der Waals surface area contributed by atoms with Gasteiger partial charge >= 0.3 is 0 Å². The first kappa shape index (κ1) is 26.0. The number of ether oxygens (including phenoxy) is 2. The van der Waals surface area contributed by atoms with Crippen LogP contribution in [-0.2, 0) is 14.8 Å². The van der Waals surface area contributed by atoms with E-state index in [2.05, 4.69) is 5.32 Å². The normalized spacial score (nSPS) is 12.0. The lowest BCUT2D eigenvalue weighted by Crippen LogP contribution is -2.41. The van der Waals surface area contributed by atoms with Gasteiger partial charge in [0, 0.05) is 0 Å². The average molecular weight is 501 g/mol. The fourth-order valence-corrected chi connectivity index (χ4v) is 4.87. The van der Waals surface area contributed by atoms with Gasteiger partial charge in [-0.2, -0.15) is 0 Å². The van der Waals surface area contributed by atoms with E-state index in [0.29, 0.717) is 19.0 Å². The van der Waals surface area contributed by atoms with Crippen molar-refractivity contribution >= 4 is 21.6 Å². The summed E-state index contributed by atoms with van der Waals surface area (Å²) in [6.45, 7) is 6.10. The molecule has 1 N–H and O–H groups in total. The van der Waals surface area contributed by atoms with Gasteiger partial charge in [-0.25, -0.2) is 12.8 Å². The summed E-state index contributed by atoms with van der Waals surface area (Å²) < 4.78 is 52.1. The third-order valence-electron chi connectivity index (χ3n) is 5.19. The van der Waals surface area contributed by atoms with Gasteiger partial charge in [0.1, 0.15) is 23.9 Å². The molecule has 0 spiro atoms. The first-order chi connectivity index (χ1) is 16.7. The van der Waals surface area contributed by atoms with Crippen molar-refractivity contribution in [2.45, 2.75) is 31.7 Å². The summed E-state index contributed by atoms with van der Waals surface area (Å²) in [5.41, 5.74) is 1.12. The number of carbonyl (C=O) groups excluding carboxylic acids is 1. The molecule has 0 radical (unpaired) electrons. The molecule has 0 aliphatic carbocycles. The van der Waals surface area contributed by atoms with Crippen molar-refractivity contribution in [1.82, 2.24) is 5.32 Å². The van der Waals surface area contributed by atoms with E-state index in [4.69, 9.17) is 9.47 Å². The van der Waals surface area contributed by atoms with Gasteiger partial charge in [0.2, 0.25) is 5.91 Å². The second-order valence-corrected chi connectivity index (χ2v) is 9.55. The van der Waals surface area contributed by atoms with Crippen molar-refractivity contribution in [3.63, 3.8) is 0 Å². The molecule has 0 bridgehead atoms. The summed E-state index contributed by atoms with van der Waals surface area (Å²) in [7, 11) is -4.15. The third kappa shape index (κ3) is 6.73. The number of halogens is 1. The highest BCUT2D eigenvalue weighted by Crippen LogP contribution is 2.26. The van der Waals surface area contributed by atoms with Gasteiger partial charge in [0.15, 0.2) is 0 Å². The third-order valence-corrected chi connectivity index (χ3v) is 6.98. The lowest BCUT2D eigenvalue weighted by atomic mass is 10.1. The monoisotopic (exact) mass is 500 g/mol. The number of sulfonamides is 1. The Morgan fingerprint density at radius 1 is 0.886 bits per heavy atom. The maximum atomic E-state index is 13.4. The standard InChI is InChI=1S/C26H29FN2O5S/c1-4-33-23-12-6-20(7-13-23)19(3)28-26(30)18-29(22-10-14-24(15-11-22)34-5-2)35(31,32)25-16-8-21(27)9-17-25/h6-17,19H,4-5,18H2,1-3H3,(H,28,30)/t19-/m0/s1. The highest BCUT2D eigenvalue weighted by molar-refractivity contribution is 7.92. The molecule has 3 aromatic rings. The van der Waals surface area contributed by atoms with Gasteiger partial charge in [-0.1, -0.05) is 12.1 Å². The summed E-state index contributed by atoms with van der Waals surface area (Å²) in [4.78, 5) is 12.8. The van der Waals surface area contributed by atoms with Gasteiger partial charge in [-0.3, -0.25) is 9.10 Å². The van der Waals surface area contributed by atoms with Crippen molar-refractivity contribution in [2.75, 3.05) is 24.1 Å². The molecule has 0 unspecified atom stereocenters.